The molecule has 5 rings (SSSR count). The number of pyridine rings is 1. The average Bonchev–Trinajstić information content (AvgIpc) is 3.07. The number of fused-ring (bicyclic) bond motifs is 2. The fourth-order valence-electron chi connectivity index (χ4n) is 3.51. The van der Waals surface area contributed by atoms with E-state index >= 15 is 0 Å². The highest BCUT2D eigenvalue weighted by Gasteiger charge is 2.15. The predicted octanol–water partition coefficient (Wildman–Crippen LogP) is 0.859. The molecule has 0 aliphatic carbocycles. The number of rotatable bonds is 2. The van der Waals surface area contributed by atoms with Crippen molar-refractivity contribution in [3.05, 3.63) is 53.0 Å². The molecule has 1 fully saturated rings. The second-order valence-corrected chi connectivity index (χ2v) is 7.13. The molecular formula is C19H20N8O. The molecule has 0 N–H and O–H groups in total. The van der Waals surface area contributed by atoms with E-state index in [1.165, 1.54) is 6.07 Å². The number of aromatic nitrogens is 6. The Morgan fingerprint density at radius 3 is 2.68 bits per heavy atom. The average molecular weight is 376 g/mol. The van der Waals surface area contributed by atoms with Crippen molar-refractivity contribution in [2.24, 2.45) is 0 Å². The van der Waals surface area contributed by atoms with Crippen molar-refractivity contribution >= 4 is 17.1 Å². The van der Waals surface area contributed by atoms with Crippen LogP contribution in [0, 0.1) is 6.92 Å². The lowest BCUT2D eigenvalue weighted by Gasteiger charge is -2.34. The van der Waals surface area contributed by atoms with Crippen molar-refractivity contribution in [1.29, 1.82) is 0 Å². The van der Waals surface area contributed by atoms with Crippen LogP contribution in [-0.2, 0) is 0 Å². The normalized spacial score (nSPS) is 15.6. The van der Waals surface area contributed by atoms with Crippen LogP contribution in [-0.4, -0.2) is 67.1 Å². The molecule has 4 aromatic heterocycles. The van der Waals surface area contributed by atoms with E-state index in [1.807, 2.05) is 25.3 Å². The molecule has 5 heterocycles. The molecule has 4 aromatic rings. The molecular weight excluding hydrogens is 356 g/mol. The van der Waals surface area contributed by atoms with Crippen LogP contribution in [0.2, 0.25) is 0 Å². The molecule has 0 saturated carbocycles. The number of piperazine rings is 1. The quantitative estimate of drug-likeness (QED) is 0.513. The first-order chi connectivity index (χ1) is 13.6. The zero-order chi connectivity index (χ0) is 19.3. The molecule has 0 unspecified atom stereocenters. The van der Waals surface area contributed by atoms with E-state index in [2.05, 4.69) is 36.9 Å². The monoisotopic (exact) mass is 376 g/mol. The second kappa shape index (κ2) is 6.38. The standard InChI is InChI=1S/C19H20N8O/c1-13-21-19-20-10-14(11-27(19)23-13)16-9-18(28)26-12-15(3-4-17(26)22-16)25-7-5-24(2)6-8-25/h3-4,9-12H,5-8H2,1-2H3. The van der Waals surface area contributed by atoms with Gasteiger partial charge in [-0.15, -0.1) is 0 Å². The molecule has 0 atom stereocenters. The number of hydrogen-bond acceptors (Lipinski definition) is 7. The molecule has 0 radical (unpaired) electrons. The highest BCUT2D eigenvalue weighted by molar-refractivity contribution is 5.62. The third kappa shape index (κ3) is 2.89. The molecule has 9 nitrogen and oxygen atoms in total. The maximum Gasteiger partial charge on any atom is 0.258 e. The van der Waals surface area contributed by atoms with Gasteiger partial charge in [0.15, 0.2) is 0 Å². The van der Waals surface area contributed by atoms with Gasteiger partial charge in [-0.2, -0.15) is 10.1 Å². The molecule has 28 heavy (non-hydrogen) atoms. The Balaban J connectivity index is 1.54. The van der Waals surface area contributed by atoms with Crippen molar-refractivity contribution in [2.45, 2.75) is 6.92 Å². The van der Waals surface area contributed by atoms with Gasteiger partial charge >= 0.3 is 0 Å². The summed E-state index contributed by atoms with van der Waals surface area (Å²) in [6.07, 6.45) is 5.33. The van der Waals surface area contributed by atoms with E-state index in [-0.39, 0.29) is 5.56 Å². The summed E-state index contributed by atoms with van der Waals surface area (Å²) in [7, 11) is 2.13. The highest BCUT2D eigenvalue weighted by atomic mass is 16.1. The molecule has 0 aromatic carbocycles. The molecule has 142 valence electrons. The van der Waals surface area contributed by atoms with E-state index < -0.39 is 0 Å². The Hall–Kier alpha value is -3.33. The summed E-state index contributed by atoms with van der Waals surface area (Å²) in [5.74, 6) is 1.17. The molecule has 9 heteroatoms. The van der Waals surface area contributed by atoms with E-state index in [0.29, 0.717) is 22.9 Å². The van der Waals surface area contributed by atoms with Crippen molar-refractivity contribution in [3.8, 4) is 11.3 Å². The van der Waals surface area contributed by atoms with Gasteiger partial charge in [-0.25, -0.2) is 14.5 Å². The summed E-state index contributed by atoms with van der Waals surface area (Å²) in [5.41, 5.74) is 2.82. The van der Waals surface area contributed by atoms with Crippen LogP contribution >= 0.6 is 0 Å². The van der Waals surface area contributed by atoms with Gasteiger partial charge in [0.2, 0.25) is 0 Å². The van der Waals surface area contributed by atoms with Crippen molar-refractivity contribution in [2.75, 3.05) is 38.1 Å². The summed E-state index contributed by atoms with van der Waals surface area (Å²) in [6.45, 7) is 5.74. The van der Waals surface area contributed by atoms with E-state index in [0.717, 1.165) is 37.4 Å². The largest absolute Gasteiger partial charge is 0.368 e. The summed E-state index contributed by atoms with van der Waals surface area (Å²) in [6, 6.07) is 5.45. The first-order valence-electron chi connectivity index (χ1n) is 9.23. The van der Waals surface area contributed by atoms with Gasteiger partial charge in [0, 0.05) is 56.4 Å². The second-order valence-electron chi connectivity index (χ2n) is 7.13. The van der Waals surface area contributed by atoms with E-state index in [9.17, 15) is 4.79 Å². The Morgan fingerprint density at radius 1 is 1.04 bits per heavy atom. The highest BCUT2D eigenvalue weighted by Crippen LogP contribution is 2.19. The van der Waals surface area contributed by atoms with Crippen LogP contribution in [0.15, 0.2) is 41.6 Å². The van der Waals surface area contributed by atoms with Crippen LogP contribution in [0.1, 0.15) is 5.82 Å². The van der Waals surface area contributed by atoms with Crippen LogP contribution < -0.4 is 10.5 Å². The minimum atomic E-state index is -0.120. The minimum absolute atomic E-state index is 0.120. The Labute approximate surface area is 160 Å². The number of likely N-dealkylation sites (N-methyl/N-ethyl adjacent to an activating group) is 1. The zero-order valence-corrected chi connectivity index (χ0v) is 15.8. The number of anilines is 1. The van der Waals surface area contributed by atoms with Gasteiger partial charge in [-0.05, 0) is 26.1 Å². The van der Waals surface area contributed by atoms with Crippen LogP contribution in [0.3, 0.4) is 0 Å². The van der Waals surface area contributed by atoms with Crippen molar-refractivity contribution in [3.63, 3.8) is 0 Å². The summed E-state index contributed by atoms with van der Waals surface area (Å²) in [5, 5.41) is 4.28. The number of hydrogen-bond donors (Lipinski definition) is 0. The first-order valence-corrected chi connectivity index (χ1v) is 9.23. The third-order valence-corrected chi connectivity index (χ3v) is 5.11. The summed E-state index contributed by atoms with van der Waals surface area (Å²) in [4.78, 5) is 30.5. The minimum Gasteiger partial charge on any atom is -0.368 e. The molecule has 1 aliphatic heterocycles. The number of nitrogens with zero attached hydrogens (tertiary/aromatic N) is 8. The van der Waals surface area contributed by atoms with Gasteiger partial charge in [-0.1, -0.05) is 0 Å². The van der Waals surface area contributed by atoms with Crippen molar-refractivity contribution < 1.29 is 0 Å². The fraction of sp³-hybridized carbons (Fsp3) is 0.316. The maximum absolute atomic E-state index is 12.8. The lowest BCUT2D eigenvalue weighted by molar-refractivity contribution is 0.313. The predicted molar refractivity (Wildman–Crippen MR) is 106 cm³/mol. The van der Waals surface area contributed by atoms with Crippen LogP contribution in [0.5, 0.6) is 0 Å². The molecule has 0 bridgehead atoms. The van der Waals surface area contributed by atoms with Crippen LogP contribution in [0.4, 0.5) is 5.69 Å². The van der Waals surface area contributed by atoms with E-state index in [4.69, 9.17) is 0 Å². The Kier molecular flexibility index (Phi) is 3.83. The fourth-order valence-corrected chi connectivity index (χ4v) is 3.51. The van der Waals surface area contributed by atoms with Crippen LogP contribution in [0.25, 0.3) is 22.7 Å². The Bertz CT molecular complexity index is 1240. The van der Waals surface area contributed by atoms with Gasteiger partial charge in [0.05, 0.1) is 11.4 Å². The third-order valence-electron chi connectivity index (χ3n) is 5.11. The lowest BCUT2D eigenvalue weighted by Crippen LogP contribution is -2.44. The van der Waals surface area contributed by atoms with Gasteiger partial charge in [-0.3, -0.25) is 9.20 Å². The summed E-state index contributed by atoms with van der Waals surface area (Å²) < 4.78 is 3.20. The molecule has 0 spiro atoms. The molecule has 1 aliphatic rings. The van der Waals surface area contributed by atoms with E-state index in [1.54, 1.807) is 21.3 Å². The van der Waals surface area contributed by atoms with Gasteiger partial charge in [0.1, 0.15) is 11.5 Å². The summed E-state index contributed by atoms with van der Waals surface area (Å²) >= 11 is 0. The molecule has 1 saturated heterocycles. The molecule has 0 amide bonds. The smallest absolute Gasteiger partial charge is 0.258 e. The van der Waals surface area contributed by atoms with Gasteiger partial charge < -0.3 is 9.80 Å². The Morgan fingerprint density at radius 2 is 1.86 bits per heavy atom. The van der Waals surface area contributed by atoms with Gasteiger partial charge in [0.25, 0.3) is 11.3 Å². The first kappa shape index (κ1) is 16.8. The van der Waals surface area contributed by atoms with Crippen molar-refractivity contribution in [1.82, 2.24) is 33.9 Å². The zero-order valence-electron chi connectivity index (χ0n) is 15.8. The SMILES string of the molecule is Cc1nc2ncc(-c3cc(=O)n4cc(N5CCN(C)CC5)ccc4n3)cn2n1. The topological polar surface area (TPSA) is 83.9 Å². The lowest BCUT2D eigenvalue weighted by atomic mass is 10.2. The number of aryl methyl sites for hydroxylation is 1. The maximum atomic E-state index is 12.8.